The molecule has 2 heterocycles. The van der Waals surface area contributed by atoms with Crippen molar-refractivity contribution in [3.8, 4) is 0 Å². The fourth-order valence-electron chi connectivity index (χ4n) is 2.93. The molecule has 6 heteroatoms. The summed E-state index contributed by atoms with van der Waals surface area (Å²) in [7, 11) is 0. The Kier molecular flexibility index (Phi) is 5.07. The molecule has 1 saturated heterocycles. The minimum atomic E-state index is -0.0773. The van der Waals surface area contributed by atoms with Gasteiger partial charge in [0.05, 0.1) is 23.1 Å². The molecule has 1 aromatic carbocycles. The maximum absolute atomic E-state index is 11.8. The number of piperidine rings is 1. The number of ether oxygens (including phenoxy) is 1. The number of aromatic nitrogens is 1. The second-order valence-corrected chi connectivity index (χ2v) is 6.97. The second-order valence-electron chi connectivity index (χ2n) is 5.64. The Morgan fingerprint density at radius 3 is 2.83 bits per heavy atom. The van der Waals surface area contributed by atoms with Crippen molar-refractivity contribution in [1.82, 2.24) is 4.98 Å². The van der Waals surface area contributed by atoms with Gasteiger partial charge in [-0.3, -0.25) is 4.79 Å². The standard InChI is InChI=1S/C17H18BrClN2O2/c1-2-23-17(22)11-5-7-21(8-6-11)15-4-3-12-9-13(18)10-14(19)16(12)20-15/h3-4,9-11H,2,5-8H2,1H3. The van der Waals surface area contributed by atoms with Crippen molar-refractivity contribution in [2.45, 2.75) is 19.8 Å². The number of hydrogen-bond donors (Lipinski definition) is 0. The van der Waals surface area contributed by atoms with E-state index in [1.165, 1.54) is 0 Å². The molecule has 1 aromatic heterocycles. The minimum absolute atomic E-state index is 0.00574. The summed E-state index contributed by atoms with van der Waals surface area (Å²) in [5.41, 5.74) is 0.805. The third-order valence-corrected chi connectivity index (χ3v) is 4.88. The molecule has 1 aliphatic rings. The molecule has 2 aromatic rings. The number of hydrogen-bond acceptors (Lipinski definition) is 4. The number of anilines is 1. The highest BCUT2D eigenvalue weighted by Gasteiger charge is 2.26. The lowest BCUT2D eigenvalue weighted by Gasteiger charge is -2.31. The van der Waals surface area contributed by atoms with Crippen LogP contribution < -0.4 is 4.90 Å². The third-order valence-electron chi connectivity index (χ3n) is 4.13. The van der Waals surface area contributed by atoms with Gasteiger partial charge in [0, 0.05) is 22.9 Å². The highest BCUT2D eigenvalue weighted by molar-refractivity contribution is 9.10. The number of esters is 1. The lowest BCUT2D eigenvalue weighted by Crippen LogP contribution is -2.37. The number of nitrogens with zero attached hydrogens (tertiary/aromatic N) is 2. The number of pyridine rings is 1. The van der Waals surface area contributed by atoms with E-state index in [1.807, 2.05) is 31.2 Å². The fraction of sp³-hybridized carbons (Fsp3) is 0.412. The van der Waals surface area contributed by atoms with Crippen LogP contribution in [0.1, 0.15) is 19.8 Å². The molecule has 0 aliphatic carbocycles. The highest BCUT2D eigenvalue weighted by atomic mass is 79.9. The van der Waals surface area contributed by atoms with Gasteiger partial charge < -0.3 is 9.64 Å². The molecule has 4 nitrogen and oxygen atoms in total. The zero-order chi connectivity index (χ0) is 16.4. The Morgan fingerprint density at radius 1 is 1.39 bits per heavy atom. The van der Waals surface area contributed by atoms with Crippen molar-refractivity contribution in [2.24, 2.45) is 5.92 Å². The molecule has 0 bridgehead atoms. The summed E-state index contributed by atoms with van der Waals surface area (Å²) >= 11 is 9.75. The van der Waals surface area contributed by atoms with E-state index in [1.54, 1.807) is 0 Å². The van der Waals surface area contributed by atoms with Crippen LogP contribution in [-0.2, 0) is 9.53 Å². The smallest absolute Gasteiger partial charge is 0.309 e. The zero-order valence-electron chi connectivity index (χ0n) is 12.9. The first-order chi connectivity index (χ1) is 11.1. The Morgan fingerprint density at radius 2 is 2.13 bits per heavy atom. The molecule has 0 unspecified atom stereocenters. The minimum Gasteiger partial charge on any atom is -0.466 e. The maximum Gasteiger partial charge on any atom is 0.309 e. The van der Waals surface area contributed by atoms with Crippen LogP contribution in [0.25, 0.3) is 10.9 Å². The normalized spacial score (nSPS) is 15.9. The average molecular weight is 398 g/mol. The highest BCUT2D eigenvalue weighted by Crippen LogP contribution is 2.30. The van der Waals surface area contributed by atoms with Crippen molar-refractivity contribution in [3.63, 3.8) is 0 Å². The predicted molar refractivity (Wildman–Crippen MR) is 96.0 cm³/mol. The first kappa shape index (κ1) is 16.5. The molecule has 122 valence electrons. The molecule has 0 spiro atoms. The summed E-state index contributed by atoms with van der Waals surface area (Å²) < 4.78 is 6.06. The lowest BCUT2D eigenvalue weighted by molar-refractivity contribution is -0.148. The Labute approximate surface area is 148 Å². The molecule has 0 amide bonds. The van der Waals surface area contributed by atoms with Crippen LogP contribution in [0.15, 0.2) is 28.7 Å². The van der Waals surface area contributed by atoms with E-state index in [2.05, 4.69) is 20.8 Å². The first-order valence-corrected chi connectivity index (χ1v) is 8.93. The van der Waals surface area contributed by atoms with Crippen LogP contribution >= 0.6 is 27.5 Å². The van der Waals surface area contributed by atoms with Gasteiger partial charge >= 0.3 is 5.97 Å². The van der Waals surface area contributed by atoms with Crippen LogP contribution in [0.2, 0.25) is 5.02 Å². The van der Waals surface area contributed by atoms with Crippen LogP contribution in [0, 0.1) is 5.92 Å². The molecular weight excluding hydrogens is 380 g/mol. The van der Waals surface area contributed by atoms with Crippen LogP contribution in [-0.4, -0.2) is 30.6 Å². The van der Waals surface area contributed by atoms with Crippen LogP contribution in [0.5, 0.6) is 0 Å². The van der Waals surface area contributed by atoms with Crippen molar-refractivity contribution in [3.05, 3.63) is 33.8 Å². The van der Waals surface area contributed by atoms with Gasteiger partial charge in [-0.1, -0.05) is 27.5 Å². The van der Waals surface area contributed by atoms with Gasteiger partial charge in [0.15, 0.2) is 0 Å². The van der Waals surface area contributed by atoms with Gasteiger partial charge in [0.25, 0.3) is 0 Å². The lowest BCUT2D eigenvalue weighted by atomic mass is 9.97. The fourth-order valence-corrected chi connectivity index (χ4v) is 3.80. The Hall–Kier alpha value is -1.33. The van der Waals surface area contributed by atoms with E-state index < -0.39 is 0 Å². The molecule has 23 heavy (non-hydrogen) atoms. The van der Waals surface area contributed by atoms with Crippen molar-refractivity contribution in [2.75, 3.05) is 24.6 Å². The van der Waals surface area contributed by atoms with Crippen molar-refractivity contribution < 1.29 is 9.53 Å². The monoisotopic (exact) mass is 396 g/mol. The predicted octanol–water partition coefficient (Wildman–Crippen LogP) is 4.43. The molecule has 3 rings (SSSR count). The van der Waals surface area contributed by atoms with E-state index in [-0.39, 0.29) is 11.9 Å². The molecular formula is C17H18BrClN2O2. The van der Waals surface area contributed by atoms with Gasteiger partial charge in [-0.05, 0) is 44.0 Å². The van der Waals surface area contributed by atoms with E-state index in [0.717, 1.165) is 47.1 Å². The van der Waals surface area contributed by atoms with Crippen molar-refractivity contribution >= 4 is 50.2 Å². The SMILES string of the molecule is CCOC(=O)C1CCN(c2ccc3cc(Br)cc(Cl)c3n2)CC1. The number of carbonyl (C=O) groups excluding carboxylic acids is 1. The number of halogens is 2. The third kappa shape index (κ3) is 3.61. The molecule has 0 N–H and O–H groups in total. The zero-order valence-corrected chi connectivity index (χ0v) is 15.2. The van der Waals surface area contributed by atoms with Crippen LogP contribution in [0.4, 0.5) is 5.82 Å². The Balaban J connectivity index is 1.76. The summed E-state index contributed by atoms with van der Waals surface area (Å²) in [6, 6.07) is 7.90. The summed E-state index contributed by atoms with van der Waals surface area (Å²) in [6.07, 6.45) is 1.60. The summed E-state index contributed by atoms with van der Waals surface area (Å²) in [4.78, 5) is 18.7. The van der Waals surface area contributed by atoms with Gasteiger partial charge in [-0.15, -0.1) is 0 Å². The second kappa shape index (κ2) is 7.05. The molecule has 0 atom stereocenters. The van der Waals surface area contributed by atoms with Gasteiger partial charge in [0.2, 0.25) is 0 Å². The van der Waals surface area contributed by atoms with Crippen molar-refractivity contribution in [1.29, 1.82) is 0 Å². The largest absolute Gasteiger partial charge is 0.466 e. The van der Waals surface area contributed by atoms with E-state index in [9.17, 15) is 4.79 Å². The van der Waals surface area contributed by atoms with E-state index >= 15 is 0 Å². The number of carbonyl (C=O) groups is 1. The number of rotatable bonds is 3. The van der Waals surface area contributed by atoms with E-state index in [0.29, 0.717) is 11.6 Å². The Bertz CT molecular complexity index is 730. The van der Waals surface area contributed by atoms with Gasteiger partial charge in [-0.2, -0.15) is 0 Å². The summed E-state index contributed by atoms with van der Waals surface area (Å²) in [5.74, 6) is 0.835. The quantitative estimate of drug-likeness (QED) is 0.719. The van der Waals surface area contributed by atoms with E-state index in [4.69, 9.17) is 21.3 Å². The summed E-state index contributed by atoms with van der Waals surface area (Å²) in [5, 5.41) is 1.65. The van der Waals surface area contributed by atoms with Gasteiger partial charge in [-0.25, -0.2) is 4.98 Å². The first-order valence-electron chi connectivity index (χ1n) is 7.76. The molecule has 0 radical (unpaired) electrons. The summed E-state index contributed by atoms with van der Waals surface area (Å²) in [6.45, 7) is 3.89. The molecule has 1 fully saturated rings. The average Bonchev–Trinajstić information content (AvgIpc) is 2.55. The molecule has 1 aliphatic heterocycles. The van der Waals surface area contributed by atoms with Gasteiger partial charge in [0.1, 0.15) is 5.82 Å². The maximum atomic E-state index is 11.8. The number of fused-ring (bicyclic) bond motifs is 1. The topological polar surface area (TPSA) is 42.4 Å². The molecule has 0 saturated carbocycles. The van der Waals surface area contributed by atoms with Crippen LogP contribution in [0.3, 0.4) is 0 Å². The number of benzene rings is 1.